The molecule has 1 saturated heterocycles. The molecule has 0 unspecified atom stereocenters. The number of nitrogens with zero attached hydrogens (tertiary/aromatic N) is 1. The van der Waals surface area contributed by atoms with E-state index in [0.717, 1.165) is 24.4 Å². The normalized spacial score (nSPS) is 18.9. The van der Waals surface area contributed by atoms with Gasteiger partial charge in [0, 0.05) is 11.4 Å². The van der Waals surface area contributed by atoms with E-state index in [1.54, 1.807) is 11.3 Å². The van der Waals surface area contributed by atoms with E-state index in [1.165, 1.54) is 24.1 Å². The van der Waals surface area contributed by atoms with Crippen LogP contribution in [0.4, 0.5) is 0 Å². The monoisotopic (exact) mass is 279 g/mol. The number of Topliss-reactive ketones (excluding diaryl/α,β-unsaturated/α-hetero) is 1. The van der Waals surface area contributed by atoms with Crippen molar-refractivity contribution >= 4 is 17.1 Å². The van der Waals surface area contributed by atoms with Crippen molar-refractivity contribution in [2.75, 3.05) is 19.6 Å². The van der Waals surface area contributed by atoms with Crippen LogP contribution in [0.5, 0.6) is 0 Å². The molecule has 1 aliphatic rings. The van der Waals surface area contributed by atoms with E-state index >= 15 is 0 Å². The average Bonchev–Trinajstić information content (AvgIpc) is 3.05. The summed E-state index contributed by atoms with van der Waals surface area (Å²) in [5, 5.41) is 0. The molecule has 1 fully saturated rings. The fourth-order valence-electron chi connectivity index (χ4n) is 2.99. The number of carbonyl (C=O) groups excluding carboxylic acids is 1. The summed E-state index contributed by atoms with van der Waals surface area (Å²) in [6.07, 6.45) is 4.73. The topological polar surface area (TPSA) is 20.3 Å². The molecule has 0 atom stereocenters. The van der Waals surface area contributed by atoms with E-state index in [0.29, 0.717) is 17.7 Å². The van der Waals surface area contributed by atoms with Crippen molar-refractivity contribution < 1.29 is 4.79 Å². The SMILES string of the molecule is CCc1ccc(C(=O)CN2CCC(CC)(CC)C2)s1. The van der Waals surface area contributed by atoms with Crippen molar-refractivity contribution in [1.82, 2.24) is 4.90 Å². The Morgan fingerprint density at radius 2 is 2.05 bits per heavy atom. The fraction of sp³-hybridized carbons (Fsp3) is 0.688. The van der Waals surface area contributed by atoms with Gasteiger partial charge in [0.15, 0.2) is 5.78 Å². The van der Waals surface area contributed by atoms with Crippen LogP contribution in [-0.2, 0) is 6.42 Å². The highest BCUT2D eigenvalue weighted by molar-refractivity contribution is 7.14. The van der Waals surface area contributed by atoms with Crippen LogP contribution in [0, 0.1) is 5.41 Å². The van der Waals surface area contributed by atoms with Gasteiger partial charge in [-0.2, -0.15) is 0 Å². The summed E-state index contributed by atoms with van der Waals surface area (Å²) in [5.41, 5.74) is 0.463. The van der Waals surface area contributed by atoms with Crippen molar-refractivity contribution in [3.8, 4) is 0 Å². The Hall–Kier alpha value is -0.670. The Balaban J connectivity index is 1.93. The number of thiophene rings is 1. The molecule has 1 aromatic heterocycles. The molecule has 1 aliphatic heterocycles. The first-order valence-electron chi connectivity index (χ1n) is 7.46. The molecule has 3 heteroatoms. The summed E-state index contributed by atoms with van der Waals surface area (Å²) < 4.78 is 0. The summed E-state index contributed by atoms with van der Waals surface area (Å²) in [5.74, 6) is 0.299. The molecule has 0 amide bonds. The lowest BCUT2D eigenvalue weighted by molar-refractivity contribution is 0.0940. The molecule has 1 aromatic rings. The van der Waals surface area contributed by atoms with Crippen LogP contribution in [0.25, 0.3) is 0 Å². The lowest BCUT2D eigenvalue weighted by Crippen LogP contribution is -2.30. The summed E-state index contributed by atoms with van der Waals surface area (Å²) in [4.78, 5) is 16.9. The summed E-state index contributed by atoms with van der Waals surface area (Å²) in [6, 6.07) is 4.08. The van der Waals surface area contributed by atoms with Crippen molar-refractivity contribution in [2.24, 2.45) is 5.41 Å². The van der Waals surface area contributed by atoms with Crippen molar-refractivity contribution in [3.05, 3.63) is 21.9 Å². The molecule has 0 aromatic carbocycles. The maximum absolute atomic E-state index is 12.3. The van der Waals surface area contributed by atoms with Gasteiger partial charge in [-0.15, -0.1) is 11.3 Å². The molecule has 0 aliphatic carbocycles. The molecule has 2 rings (SSSR count). The molecule has 0 N–H and O–H groups in total. The second-order valence-corrected chi connectivity index (χ2v) is 6.88. The molecule has 0 bridgehead atoms. The zero-order valence-electron chi connectivity index (χ0n) is 12.4. The van der Waals surface area contributed by atoms with Gasteiger partial charge in [0.1, 0.15) is 0 Å². The van der Waals surface area contributed by atoms with Gasteiger partial charge < -0.3 is 0 Å². The Morgan fingerprint density at radius 3 is 2.58 bits per heavy atom. The van der Waals surface area contributed by atoms with Gasteiger partial charge in [0.2, 0.25) is 0 Å². The van der Waals surface area contributed by atoms with Crippen molar-refractivity contribution in [2.45, 2.75) is 46.5 Å². The highest BCUT2D eigenvalue weighted by Crippen LogP contribution is 2.36. The van der Waals surface area contributed by atoms with Crippen molar-refractivity contribution in [1.29, 1.82) is 0 Å². The molecule has 2 heterocycles. The number of likely N-dealkylation sites (tertiary alicyclic amines) is 1. The minimum atomic E-state index is 0.299. The van der Waals surface area contributed by atoms with Crippen LogP contribution >= 0.6 is 11.3 Å². The van der Waals surface area contributed by atoms with Crippen LogP contribution < -0.4 is 0 Å². The van der Waals surface area contributed by atoms with Gasteiger partial charge in [-0.3, -0.25) is 9.69 Å². The van der Waals surface area contributed by atoms with E-state index in [2.05, 4.69) is 31.7 Å². The smallest absolute Gasteiger partial charge is 0.186 e. The van der Waals surface area contributed by atoms with Gasteiger partial charge in [-0.25, -0.2) is 0 Å². The summed E-state index contributed by atoms with van der Waals surface area (Å²) >= 11 is 1.66. The van der Waals surface area contributed by atoms with Crippen LogP contribution in [0.1, 0.15) is 54.6 Å². The highest BCUT2D eigenvalue weighted by atomic mass is 32.1. The van der Waals surface area contributed by atoms with Gasteiger partial charge in [0.05, 0.1) is 11.4 Å². The predicted octanol–water partition coefficient (Wildman–Crippen LogP) is 4.01. The molecule has 106 valence electrons. The Bertz CT molecular complexity index is 434. The van der Waals surface area contributed by atoms with E-state index < -0.39 is 0 Å². The second-order valence-electron chi connectivity index (χ2n) is 5.71. The van der Waals surface area contributed by atoms with Gasteiger partial charge >= 0.3 is 0 Å². The fourth-order valence-corrected chi connectivity index (χ4v) is 3.87. The maximum atomic E-state index is 12.3. The first-order chi connectivity index (χ1) is 9.12. The van der Waals surface area contributed by atoms with Crippen LogP contribution in [0.2, 0.25) is 0 Å². The number of hydrogen-bond acceptors (Lipinski definition) is 3. The number of ketones is 1. The van der Waals surface area contributed by atoms with Crippen LogP contribution in [0.15, 0.2) is 12.1 Å². The van der Waals surface area contributed by atoms with Gasteiger partial charge in [0.25, 0.3) is 0 Å². The lowest BCUT2D eigenvalue weighted by Gasteiger charge is -2.26. The molecular formula is C16H25NOS. The number of rotatable bonds is 6. The average molecular weight is 279 g/mol. The van der Waals surface area contributed by atoms with Gasteiger partial charge in [-0.1, -0.05) is 20.8 Å². The van der Waals surface area contributed by atoms with Crippen molar-refractivity contribution in [3.63, 3.8) is 0 Å². The Kier molecular flexibility index (Phi) is 4.80. The molecule has 19 heavy (non-hydrogen) atoms. The first-order valence-corrected chi connectivity index (χ1v) is 8.28. The third-order valence-corrected chi connectivity index (χ3v) is 5.94. The number of hydrogen-bond donors (Lipinski definition) is 0. The Morgan fingerprint density at radius 1 is 1.32 bits per heavy atom. The zero-order chi connectivity index (χ0) is 13.9. The quantitative estimate of drug-likeness (QED) is 0.733. The van der Waals surface area contributed by atoms with E-state index in [9.17, 15) is 4.79 Å². The minimum Gasteiger partial charge on any atom is -0.295 e. The van der Waals surface area contributed by atoms with E-state index in [4.69, 9.17) is 0 Å². The second kappa shape index (κ2) is 6.19. The molecular weight excluding hydrogens is 254 g/mol. The largest absolute Gasteiger partial charge is 0.295 e. The summed E-state index contributed by atoms with van der Waals surface area (Å²) in [6.45, 7) is 9.48. The lowest BCUT2D eigenvalue weighted by atomic mass is 9.82. The van der Waals surface area contributed by atoms with Crippen LogP contribution in [0.3, 0.4) is 0 Å². The van der Waals surface area contributed by atoms with Crippen LogP contribution in [-0.4, -0.2) is 30.3 Å². The number of aryl methyl sites for hydroxylation is 1. The Labute approximate surface area is 120 Å². The van der Waals surface area contributed by atoms with Gasteiger partial charge in [-0.05, 0) is 49.8 Å². The third-order valence-electron chi connectivity index (χ3n) is 4.67. The zero-order valence-corrected chi connectivity index (χ0v) is 13.2. The molecule has 2 nitrogen and oxygen atoms in total. The third kappa shape index (κ3) is 3.26. The van der Waals surface area contributed by atoms with E-state index in [1.807, 2.05) is 6.07 Å². The standard InChI is InChI=1S/C16H25NOS/c1-4-13-7-8-15(19-13)14(18)11-17-10-9-16(5-2,6-3)12-17/h7-8H,4-6,9-12H2,1-3H3. The van der Waals surface area contributed by atoms with E-state index in [-0.39, 0.29) is 0 Å². The predicted molar refractivity (Wildman–Crippen MR) is 82.1 cm³/mol. The highest BCUT2D eigenvalue weighted by Gasteiger charge is 2.35. The number of carbonyl (C=O) groups is 1. The maximum Gasteiger partial charge on any atom is 0.186 e. The molecule has 0 spiro atoms. The minimum absolute atomic E-state index is 0.299. The first kappa shape index (κ1) is 14.7. The molecule has 0 saturated carbocycles. The summed E-state index contributed by atoms with van der Waals surface area (Å²) in [7, 11) is 0. The molecule has 0 radical (unpaired) electrons.